The molecule has 0 aliphatic rings. The van der Waals surface area contributed by atoms with Gasteiger partial charge in [-0.2, -0.15) is 0 Å². The molecule has 0 spiro atoms. The third-order valence-corrected chi connectivity index (χ3v) is 5.29. The van der Waals surface area contributed by atoms with Crippen molar-refractivity contribution < 1.29 is 23.9 Å². The number of ether oxygens (including phenoxy) is 2. The van der Waals surface area contributed by atoms with Crippen LogP contribution in [0, 0.1) is 6.92 Å². The molecule has 6 nitrogen and oxygen atoms in total. The zero-order chi connectivity index (χ0) is 22.0. The van der Waals surface area contributed by atoms with E-state index in [-0.39, 0.29) is 18.1 Å². The van der Waals surface area contributed by atoms with Crippen LogP contribution >= 0.6 is 11.6 Å². The Morgan fingerprint density at radius 1 is 1.10 bits per heavy atom. The maximum Gasteiger partial charge on any atom is 0.311 e. The van der Waals surface area contributed by atoms with Gasteiger partial charge in [-0.15, -0.1) is 0 Å². The monoisotopic (exact) mass is 427 g/mol. The maximum absolute atomic E-state index is 13.2. The van der Waals surface area contributed by atoms with Crippen molar-refractivity contribution in [3.63, 3.8) is 0 Å². The Balaban J connectivity index is 2.09. The van der Waals surface area contributed by atoms with Crippen LogP contribution in [-0.2, 0) is 20.7 Å². The van der Waals surface area contributed by atoms with Gasteiger partial charge in [0.1, 0.15) is 5.75 Å². The summed E-state index contributed by atoms with van der Waals surface area (Å²) in [5.74, 6) is -0.412. The first-order valence-electron chi connectivity index (χ1n) is 9.41. The van der Waals surface area contributed by atoms with Crippen molar-refractivity contribution in [2.24, 2.45) is 0 Å². The molecule has 156 valence electrons. The van der Waals surface area contributed by atoms with Crippen LogP contribution < -0.4 is 4.74 Å². The molecule has 30 heavy (non-hydrogen) atoms. The van der Waals surface area contributed by atoms with Gasteiger partial charge < -0.3 is 9.47 Å². The number of rotatable bonds is 6. The fourth-order valence-corrected chi connectivity index (χ4v) is 3.39. The van der Waals surface area contributed by atoms with Crippen molar-refractivity contribution in [2.75, 3.05) is 7.11 Å². The van der Waals surface area contributed by atoms with Gasteiger partial charge in [-0.1, -0.05) is 11.6 Å². The van der Waals surface area contributed by atoms with E-state index in [4.69, 9.17) is 21.1 Å². The van der Waals surface area contributed by atoms with Crippen molar-refractivity contribution in [3.8, 4) is 5.75 Å². The number of aromatic nitrogens is 1. The van der Waals surface area contributed by atoms with Crippen molar-refractivity contribution >= 4 is 40.2 Å². The molecule has 1 atom stereocenters. The standard InChI is InChI=1S/C23H22ClNO5/c1-13-19(12-22(27)30-15(3)14(2)26)20-11-18(29-4)9-10-21(20)25(13)23(28)16-5-7-17(24)8-6-16/h5-11,15H,12H2,1-4H3/t15-/m0/s1. The molecule has 0 radical (unpaired) electrons. The first-order chi connectivity index (χ1) is 14.2. The molecular formula is C23H22ClNO5. The van der Waals surface area contributed by atoms with Gasteiger partial charge in [-0.05, 0) is 68.8 Å². The molecule has 7 heteroatoms. The van der Waals surface area contributed by atoms with Crippen LogP contribution in [0.25, 0.3) is 10.9 Å². The van der Waals surface area contributed by atoms with Gasteiger partial charge >= 0.3 is 5.97 Å². The van der Waals surface area contributed by atoms with E-state index in [9.17, 15) is 14.4 Å². The van der Waals surface area contributed by atoms with Crippen molar-refractivity contribution in [1.82, 2.24) is 4.57 Å². The molecule has 3 aromatic rings. The van der Waals surface area contributed by atoms with Gasteiger partial charge in [0.2, 0.25) is 0 Å². The van der Waals surface area contributed by atoms with Crippen LogP contribution in [0.1, 0.15) is 35.5 Å². The number of halogens is 1. The number of benzene rings is 2. The minimum absolute atomic E-state index is 0.0754. The summed E-state index contributed by atoms with van der Waals surface area (Å²) in [6.45, 7) is 4.67. The summed E-state index contributed by atoms with van der Waals surface area (Å²) in [5.41, 5.74) is 2.38. The Morgan fingerprint density at radius 3 is 2.37 bits per heavy atom. The summed E-state index contributed by atoms with van der Waals surface area (Å²) in [6, 6.07) is 11.9. The number of esters is 1. The van der Waals surface area contributed by atoms with Gasteiger partial charge in [-0.3, -0.25) is 19.0 Å². The number of hydrogen-bond acceptors (Lipinski definition) is 5. The van der Waals surface area contributed by atoms with E-state index in [0.29, 0.717) is 38.5 Å². The van der Waals surface area contributed by atoms with Crippen LogP contribution in [-0.4, -0.2) is 35.4 Å². The molecule has 1 heterocycles. The highest BCUT2D eigenvalue weighted by Crippen LogP contribution is 2.31. The lowest BCUT2D eigenvalue weighted by Gasteiger charge is -2.10. The van der Waals surface area contributed by atoms with Crippen LogP contribution in [0.15, 0.2) is 42.5 Å². The van der Waals surface area contributed by atoms with Gasteiger partial charge in [-0.25, -0.2) is 0 Å². The second-order valence-electron chi connectivity index (χ2n) is 7.01. The minimum atomic E-state index is -0.823. The molecule has 0 aliphatic carbocycles. The molecule has 0 aliphatic heterocycles. The normalized spacial score (nSPS) is 11.9. The fraction of sp³-hybridized carbons (Fsp3) is 0.261. The van der Waals surface area contributed by atoms with E-state index in [0.717, 1.165) is 0 Å². The predicted octanol–water partition coefficient (Wildman–Crippen LogP) is 4.36. The Labute approximate surface area is 179 Å². The van der Waals surface area contributed by atoms with E-state index < -0.39 is 12.1 Å². The molecule has 0 N–H and O–H groups in total. The number of fused-ring (bicyclic) bond motifs is 1. The topological polar surface area (TPSA) is 74.6 Å². The zero-order valence-corrected chi connectivity index (χ0v) is 17.9. The molecule has 2 aromatic carbocycles. The van der Waals surface area contributed by atoms with E-state index in [1.807, 2.05) is 0 Å². The highest BCUT2D eigenvalue weighted by atomic mass is 35.5. The summed E-state index contributed by atoms with van der Waals surface area (Å²) < 4.78 is 12.1. The first-order valence-corrected chi connectivity index (χ1v) is 9.78. The van der Waals surface area contributed by atoms with E-state index in [2.05, 4.69) is 0 Å². The fourth-order valence-electron chi connectivity index (χ4n) is 3.26. The van der Waals surface area contributed by atoms with Crippen LogP contribution in [0.3, 0.4) is 0 Å². The number of carbonyl (C=O) groups is 3. The summed E-state index contributed by atoms with van der Waals surface area (Å²) in [5, 5.41) is 1.25. The highest BCUT2D eigenvalue weighted by Gasteiger charge is 2.23. The van der Waals surface area contributed by atoms with Crippen LogP contribution in [0.2, 0.25) is 5.02 Å². The molecule has 0 saturated carbocycles. The third-order valence-electron chi connectivity index (χ3n) is 5.04. The average Bonchev–Trinajstić information content (AvgIpc) is 2.98. The van der Waals surface area contributed by atoms with E-state index in [1.54, 1.807) is 61.1 Å². The van der Waals surface area contributed by atoms with Gasteiger partial charge in [0.25, 0.3) is 5.91 Å². The molecular weight excluding hydrogens is 406 g/mol. The highest BCUT2D eigenvalue weighted by molar-refractivity contribution is 6.30. The number of methoxy groups -OCH3 is 1. The third kappa shape index (κ3) is 4.24. The minimum Gasteiger partial charge on any atom is -0.497 e. The molecule has 0 fully saturated rings. The second kappa shape index (κ2) is 8.71. The zero-order valence-electron chi connectivity index (χ0n) is 17.2. The van der Waals surface area contributed by atoms with E-state index >= 15 is 0 Å². The summed E-state index contributed by atoms with van der Waals surface area (Å²) >= 11 is 5.94. The molecule has 0 unspecified atom stereocenters. The lowest BCUT2D eigenvalue weighted by molar-refractivity contribution is -0.152. The van der Waals surface area contributed by atoms with Gasteiger partial charge in [0.15, 0.2) is 11.9 Å². The lowest BCUT2D eigenvalue weighted by atomic mass is 10.1. The van der Waals surface area contributed by atoms with Crippen molar-refractivity contribution in [3.05, 3.63) is 64.3 Å². The maximum atomic E-state index is 13.2. The summed E-state index contributed by atoms with van der Waals surface area (Å²) in [6.07, 6.45) is -0.898. The quantitative estimate of drug-likeness (QED) is 0.546. The summed E-state index contributed by atoms with van der Waals surface area (Å²) in [4.78, 5) is 37.1. The second-order valence-corrected chi connectivity index (χ2v) is 7.45. The number of nitrogens with zero attached hydrogens (tertiary/aromatic N) is 1. The molecule has 0 amide bonds. The number of hydrogen-bond donors (Lipinski definition) is 0. The smallest absolute Gasteiger partial charge is 0.311 e. The number of ketones is 1. The first kappa shape index (κ1) is 21.6. The molecule has 0 bridgehead atoms. The predicted molar refractivity (Wildman–Crippen MR) is 114 cm³/mol. The number of carbonyl (C=O) groups excluding carboxylic acids is 3. The summed E-state index contributed by atoms with van der Waals surface area (Å²) in [7, 11) is 1.55. The molecule has 3 rings (SSSR count). The Morgan fingerprint density at radius 2 is 1.77 bits per heavy atom. The van der Waals surface area contributed by atoms with Gasteiger partial charge in [0.05, 0.1) is 19.0 Å². The lowest BCUT2D eigenvalue weighted by Crippen LogP contribution is -2.23. The Bertz CT molecular complexity index is 1130. The average molecular weight is 428 g/mol. The van der Waals surface area contributed by atoms with E-state index in [1.165, 1.54) is 13.8 Å². The number of Topliss-reactive ketones (excluding diaryl/α,β-unsaturated/α-hetero) is 1. The SMILES string of the molecule is COc1ccc2c(c1)c(CC(=O)O[C@@H](C)C(C)=O)c(C)n2C(=O)c1ccc(Cl)cc1. The van der Waals surface area contributed by atoms with Crippen LogP contribution in [0.4, 0.5) is 0 Å². The Hall–Kier alpha value is -3.12. The van der Waals surface area contributed by atoms with Crippen molar-refractivity contribution in [1.29, 1.82) is 0 Å². The largest absolute Gasteiger partial charge is 0.497 e. The molecule has 0 saturated heterocycles. The molecule has 1 aromatic heterocycles. The van der Waals surface area contributed by atoms with Gasteiger partial charge in [0, 0.05) is 21.7 Å². The van der Waals surface area contributed by atoms with Crippen molar-refractivity contribution in [2.45, 2.75) is 33.3 Å². The Kier molecular flexibility index (Phi) is 6.27. The van der Waals surface area contributed by atoms with Crippen LogP contribution in [0.5, 0.6) is 5.75 Å².